The Kier molecular flexibility index (Phi) is 13.3. The fraction of sp³-hybridized carbons (Fsp3) is 0.949. The molecule has 4 nitrogen and oxygen atoms in total. The first kappa shape index (κ1) is 34.8. The number of hydrogen-bond acceptors (Lipinski definition) is 3. The third kappa shape index (κ3) is 8.41. The van der Waals surface area contributed by atoms with E-state index in [1.165, 1.54) is 122 Å². The summed E-state index contributed by atoms with van der Waals surface area (Å²) in [6.45, 7) is 9.52. The van der Waals surface area contributed by atoms with Gasteiger partial charge in [0.15, 0.2) is 0 Å². The molecule has 0 radical (unpaired) electrons. The lowest BCUT2D eigenvalue weighted by molar-refractivity contribution is -0.164. The third-order valence-corrected chi connectivity index (χ3v) is 13.5. The molecule has 0 N–H and O–H groups in total. The van der Waals surface area contributed by atoms with E-state index < -0.39 is 0 Å². The zero-order valence-corrected chi connectivity index (χ0v) is 29.1. The van der Waals surface area contributed by atoms with Crippen LogP contribution < -0.4 is 0 Å². The average Bonchev–Trinajstić information content (AvgIpc) is 3.34. The maximum absolute atomic E-state index is 12.8. The predicted molar refractivity (Wildman–Crippen MR) is 179 cm³/mol. The molecule has 0 bridgehead atoms. The number of unbranched alkanes of at least 4 members (excludes halogenated alkanes) is 14. The normalized spacial score (nSPS) is 34.4. The molecule has 4 aliphatic rings. The Balaban J connectivity index is 1.09. The summed E-state index contributed by atoms with van der Waals surface area (Å²) in [5.41, 5.74) is 0.561. The second-order valence-electron chi connectivity index (χ2n) is 16.1. The van der Waals surface area contributed by atoms with Gasteiger partial charge >= 0.3 is 5.97 Å². The number of fused-ring (bicyclic) bond motifs is 5. The number of amides is 1. The highest BCUT2D eigenvalue weighted by Crippen LogP contribution is 2.66. The smallest absolute Gasteiger partial charge is 0.306 e. The van der Waals surface area contributed by atoms with E-state index >= 15 is 0 Å². The molecule has 1 aliphatic heterocycles. The lowest BCUT2D eigenvalue weighted by Crippen LogP contribution is -2.61. The molecule has 0 spiro atoms. The standard InChI is InChI=1S/C39H69NO3/c1-6-7-8-9-10-11-12-13-14-15-16-17-18-19-20-21-37(42)43-30(2)32-23-24-33-31-22-25-35-39(4,29-27-36(41)40(35)5)34(31)26-28-38(32,33)3/h30-35H,6-29H2,1-5H3/t30?,31-,32+,33-,34-,35?,38+,39+/m0/s1. The first-order chi connectivity index (χ1) is 20.7. The van der Waals surface area contributed by atoms with Crippen molar-refractivity contribution in [2.75, 3.05) is 7.05 Å². The van der Waals surface area contributed by atoms with Crippen LogP contribution >= 0.6 is 0 Å². The molecule has 0 aromatic carbocycles. The van der Waals surface area contributed by atoms with Gasteiger partial charge in [0.25, 0.3) is 0 Å². The molecular weight excluding hydrogens is 530 g/mol. The van der Waals surface area contributed by atoms with Crippen LogP contribution in [-0.2, 0) is 14.3 Å². The summed E-state index contributed by atoms with van der Waals surface area (Å²) in [5, 5.41) is 0. The van der Waals surface area contributed by atoms with Crippen LogP contribution in [0.4, 0.5) is 0 Å². The summed E-state index contributed by atoms with van der Waals surface area (Å²) in [7, 11) is 2.05. The van der Waals surface area contributed by atoms with Gasteiger partial charge in [0.05, 0.1) is 0 Å². The number of carbonyl (C=O) groups excluding carboxylic acids is 2. The van der Waals surface area contributed by atoms with Gasteiger partial charge in [-0.3, -0.25) is 9.59 Å². The number of esters is 1. The molecule has 43 heavy (non-hydrogen) atoms. The summed E-state index contributed by atoms with van der Waals surface area (Å²) in [4.78, 5) is 27.4. The fourth-order valence-corrected chi connectivity index (χ4v) is 11.0. The predicted octanol–water partition coefficient (Wildman–Crippen LogP) is 10.7. The van der Waals surface area contributed by atoms with Crippen LogP contribution in [-0.4, -0.2) is 36.0 Å². The number of rotatable bonds is 18. The van der Waals surface area contributed by atoms with Crippen molar-refractivity contribution in [3.05, 3.63) is 0 Å². The quantitative estimate of drug-likeness (QED) is 0.116. The minimum atomic E-state index is 0.0285. The van der Waals surface area contributed by atoms with Crippen molar-refractivity contribution < 1.29 is 14.3 Å². The molecule has 3 aliphatic carbocycles. The Morgan fingerprint density at radius 1 is 0.767 bits per heavy atom. The van der Waals surface area contributed by atoms with E-state index in [0.29, 0.717) is 24.3 Å². The van der Waals surface area contributed by atoms with Gasteiger partial charge in [-0.15, -0.1) is 0 Å². The van der Waals surface area contributed by atoms with Gasteiger partial charge in [0.2, 0.25) is 5.91 Å². The maximum Gasteiger partial charge on any atom is 0.306 e. The van der Waals surface area contributed by atoms with Gasteiger partial charge < -0.3 is 9.64 Å². The summed E-state index contributed by atoms with van der Waals surface area (Å²) < 4.78 is 6.15. The van der Waals surface area contributed by atoms with Crippen molar-refractivity contribution >= 4 is 11.9 Å². The summed E-state index contributed by atoms with van der Waals surface area (Å²) in [5.74, 6) is 3.13. The Hall–Kier alpha value is -1.06. The van der Waals surface area contributed by atoms with Crippen molar-refractivity contribution in [1.82, 2.24) is 4.90 Å². The van der Waals surface area contributed by atoms with Crippen molar-refractivity contribution in [3.63, 3.8) is 0 Å². The zero-order chi connectivity index (χ0) is 30.9. The molecule has 1 heterocycles. The van der Waals surface area contributed by atoms with Crippen LogP contribution in [0.15, 0.2) is 0 Å². The zero-order valence-electron chi connectivity index (χ0n) is 29.1. The van der Waals surface area contributed by atoms with Crippen LogP contribution in [0.3, 0.4) is 0 Å². The molecule has 248 valence electrons. The van der Waals surface area contributed by atoms with Gasteiger partial charge in [-0.25, -0.2) is 0 Å². The van der Waals surface area contributed by atoms with E-state index in [1.54, 1.807) is 0 Å². The van der Waals surface area contributed by atoms with E-state index in [2.05, 4.69) is 39.6 Å². The monoisotopic (exact) mass is 600 g/mol. The summed E-state index contributed by atoms with van der Waals surface area (Å²) in [6.07, 6.45) is 30.1. The van der Waals surface area contributed by atoms with Gasteiger partial charge in [0, 0.05) is 31.8 Å². The number of likely N-dealkylation sites (tertiary alicyclic amines) is 1. The number of ether oxygens (including phenoxy) is 1. The second kappa shape index (κ2) is 16.5. The van der Waals surface area contributed by atoms with Crippen molar-refractivity contribution in [1.29, 1.82) is 0 Å². The highest BCUT2D eigenvalue weighted by atomic mass is 16.5. The number of piperidine rings is 1. The van der Waals surface area contributed by atoms with Gasteiger partial charge in [-0.2, -0.15) is 0 Å². The van der Waals surface area contributed by atoms with Crippen LogP contribution in [0.1, 0.15) is 182 Å². The van der Waals surface area contributed by atoms with E-state index in [-0.39, 0.29) is 22.9 Å². The molecule has 0 aromatic heterocycles. The molecule has 1 saturated heterocycles. The highest BCUT2D eigenvalue weighted by Gasteiger charge is 2.61. The molecule has 2 unspecified atom stereocenters. The SMILES string of the molecule is CCCCCCCCCCCCCCCCCC(=O)OC(C)[C@H]1CC[C@H]2[C@@H]3CCC4N(C)C(=O)CC[C@]4(C)[C@H]3CC[C@]12C. The van der Waals surface area contributed by atoms with Crippen molar-refractivity contribution in [2.24, 2.45) is 34.5 Å². The van der Waals surface area contributed by atoms with Crippen molar-refractivity contribution in [2.45, 2.75) is 194 Å². The molecule has 3 saturated carbocycles. The molecule has 0 aromatic rings. The number of hydrogen-bond donors (Lipinski definition) is 0. The van der Waals surface area contributed by atoms with Gasteiger partial charge in [-0.05, 0) is 86.9 Å². The largest absolute Gasteiger partial charge is 0.462 e. The first-order valence-corrected chi connectivity index (χ1v) is 19.2. The maximum atomic E-state index is 12.8. The second-order valence-corrected chi connectivity index (χ2v) is 16.1. The Morgan fingerprint density at radius 3 is 1.93 bits per heavy atom. The Morgan fingerprint density at radius 2 is 1.33 bits per heavy atom. The van der Waals surface area contributed by atoms with Gasteiger partial charge in [0.1, 0.15) is 6.10 Å². The molecule has 8 atom stereocenters. The molecule has 4 heteroatoms. The van der Waals surface area contributed by atoms with Gasteiger partial charge in [-0.1, -0.05) is 111 Å². The fourth-order valence-electron chi connectivity index (χ4n) is 11.0. The molecular formula is C39H69NO3. The van der Waals surface area contributed by atoms with E-state index in [4.69, 9.17) is 4.74 Å². The average molecular weight is 600 g/mol. The summed E-state index contributed by atoms with van der Waals surface area (Å²) >= 11 is 0. The summed E-state index contributed by atoms with van der Waals surface area (Å²) in [6, 6.07) is 0.427. The number of carbonyl (C=O) groups is 2. The third-order valence-electron chi connectivity index (χ3n) is 13.5. The molecule has 1 amide bonds. The minimum absolute atomic E-state index is 0.0285. The minimum Gasteiger partial charge on any atom is -0.462 e. The van der Waals surface area contributed by atoms with E-state index in [9.17, 15) is 9.59 Å². The molecule has 4 fully saturated rings. The van der Waals surface area contributed by atoms with Crippen LogP contribution in [0.5, 0.6) is 0 Å². The first-order valence-electron chi connectivity index (χ1n) is 19.2. The van der Waals surface area contributed by atoms with Crippen LogP contribution in [0, 0.1) is 34.5 Å². The Labute approximate surface area is 266 Å². The van der Waals surface area contributed by atoms with Crippen LogP contribution in [0.25, 0.3) is 0 Å². The molecule has 4 rings (SSSR count). The van der Waals surface area contributed by atoms with E-state index in [0.717, 1.165) is 43.4 Å². The number of nitrogens with zero attached hydrogens (tertiary/aromatic N) is 1. The van der Waals surface area contributed by atoms with E-state index in [1.807, 2.05) is 0 Å². The Bertz CT molecular complexity index is 873. The lowest BCUT2D eigenvalue weighted by atomic mass is 9.46. The topological polar surface area (TPSA) is 46.6 Å². The van der Waals surface area contributed by atoms with Crippen molar-refractivity contribution in [3.8, 4) is 0 Å². The lowest BCUT2D eigenvalue weighted by Gasteiger charge is -2.62. The van der Waals surface area contributed by atoms with Crippen LogP contribution in [0.2, 0.25) is 0 Å². The highest BCUT2D eigenvalue weighted by molar-refractivity contribution is 5.77.